The van der Waals surface area contributed by atoms with Crippen LogP contribution in [-0.2, 0) is 0 Å². The molecule has 1 aromatic rings. The molecule has 0 aliphatic heterocycles. The van der Waals surface area contributed by atoms with E-state index in [-0.39, 0.29) is 5.92 Å². The zero-order valence-electron chi connectivity index (χ0n) is 9.99. The third-order valence-electron chi connectivity index (χ3n) is 2.83. The van der Waals surface area contributed by atoms with Crippen LogP contribution in [0.1, 0.15) is 18.5 Å². The maximum Gasteiger partial charge on any atom is 0.320 e. The lowest BCUT2D eigenvalue weighted by molar-refractivity contribution is 0.0929. The molecule has 0 saturated heterocycles. The fourth-order valence-electron chi connectivity index (χ4n) is 1.76. The number of anilines is 1. The van der Waals surface area contributed by atoms with Crippen molar-refractivity contribution < 1.29 is 13.6 Å². The number of halogens is 2. The third kappa shape index (κ3) is 3.38. The average molecular weight is 255 g/mol. The molecule has 1 aliphatic carbocycles. The van der Waals surface area contributed by atoms with Crippen LogP contribution < -0.4 is 10.6 Å². The monoisotopic (exact) mass is 255 g/mol. The molecule has 18 heavy (non-hydrogen) atoms. The first-order valence-corrected chi connectivity index (χ1v) is 5.85. The molecule has 0 radical (unpaired) electrons. The summed E-state index contributed by atoms with van der Waals surface area (Å²) in [7, 11) is 0. The smallest absolute Gasteiger partial charge is 0.320 e. The molecule has 6 heteroatoms. The molecular formula is C12H15F2N3O. The van der Waals surface area contributed by atoms with Crippen molar-refractivity contribution in [1.82, 2.24) is 10.3 Å². The van der Waals surface area contributed by atoms with Crippen LogP contribution in [0.25, 0.3) is 0 Å². The van der Waals surface area contributed by atoms with E-state index >= 15 is 0 Å². The number of nitrogens with zero attached hydrogens (tertiary/aromatic N) is 1. The van der Waals surface area contributed by atoms with Gasteiger partial charge in [0.05, 0.1) is 6.04 Å². The zero-order chi connectivity index (χ0) is 13.1. The van der Waals surface area contributed by atoms with Gasteiger partial charge < -0.3 is 5.32 Å². The van der Waals surface area contributed by atoms with E-state index in [1.807, 2.05) is 0 Å². The summed E-state index contributed by atoms with van der Waals surface area (Å²) < 4.78 is 25.4. The molecule has 1 unspecified atom stereocenters. The Labute approximate surface area is 104 Å². The molecule has 1 atom stereocenters. The first-order valence-electron chi connectivity index (χ1n) is 5.85. The molecule has 1 aromatic heterocycles. The van der Waals surface area contributed by atoms with Gasteiger partial charge >= 0.3 is 6.03 Å². The highest BCUT2D eigenvalue weighted by molar-refractivity contribution is 5.88. The van der Waals surface area contributed by atoms with Gasteiger partial charge in [0.2, 0.25) is 0 Å². The van der Waals surface area contributed by atoms with Crippen molar-refractivity contribution in [2.24, 2.45) is 5.92 Å². The summed E-state index contributed by atoms with van der Waals surface area (Å²) in [6, 6.07) is 3.44. The van der Waals surface area contributed by atoms with Gasteiger partial charge in [0.25, 0.3) is 6.43 Å². The van der Waals surface area contributed by atoms with Crippen LogP contribution in [0.2, 0.25) is 0 Å². The molecule has 1 heterocycles. The molecular weight excluding hydrogens is 240 g/mol. The summed E-state index contributed by atoms with van der Waals surface area (Å²) in [4.78, 5) is 15.6. The minimum atomic E-state index is -2.53. The molecule has 2 rings (SSSR count). The van der Waals surface area contributed by atoms with Crippen LogP contribution in [-0.4, -0.2) is 23.5 Å². The summed E-state index contributed by atoms with van der Waals surface area (Å²) in [6.45, 7) is 1.79. The summed E-state index contributed by atoms with van der Waals surface area (Å²) in [5.41, 5.74) is 0.750. The number of aryl methyl sites for hydroxylation is 1. The predicted molar refractivity (Wildman–Crippen MR) is 63.6 cm³/mol. The van der Waals surface area contributed by atoms with Gasteiger partial charge in [-0.2, -0.15) is 0 Å². The highest BCUT2D eigenvalue weighted by atomic mass is 19.3. The van der Waals surface area contributed by atoms with Crippen molar-refractivity contribution in [3.05, 3.63) is 23.9 Å². The quantitative estimate of drug-likeness (QED) is 0.868. The number of rotatable bonds is 4. The average Bonchev–Trinajstić information content (AvgIpc) is 3.09. The zero-order valence-corrected chi connectivity index (χ0v) is 9.99. The van der Waals surface area contributed by atoms with E-state index < -0.39 is 18.5 Å². The number of aromatic nitrogens is 1. The Morgan fingerprint density at radius 2 is 2.17 bits per heavy atom. The van der Waals surface area contributed by atoms with E-state index in [0.29, 0.717) is 5.82 Å². The third-order valence-corrected chi connectivity index (χ3v) is 2.83. The molecule has 0 spiro atoms. The first-order chi connectivity index (χ1) is 8.56. The van der Waals surface area contributed by atoms with E-state index in [9.17, 15) is 13.6 Å². The van der Waals surface area contributed by atoms with Gasteiger partial charge in [0.1, 0.15) is 5.82 Å². The number of carbonyl (C=O) groups excluding carboxylic acids is 1. The lowest BCUT2D eigenvalue weighted by Crippen LogP contribution is -2.43. The van der Waals surface area contributed by atoms with E-state index in [1.165, 1.54) is 0 Å². The highest BCUT2D eigenvalue weighted by Crippen LogP contribution is 2.35. The lowest BCUT2D eigenvalue weighted by atomic mass is 10.2. The number of hydrogen-bond acceptors (Lipinski definition) is 2. The van der Waals surface area contributed by atoms with E-state index in [2.05, 4.69) is 15.6 Å². The number of carbonyl (C=O) groups is 1. The van der Waals surface area contributed by atoms with Crippen LogP contribution in [0.15, 0.2) is 18.2 Å². The van der Waals surface area contributed by atoms with Crippen molar-refractivity contribution in [2.45, 2.75) is 32.2 Å². The van der Waals surface area contributed by atoms with Crippen molar-refractivity contribution >= 4 is 11.8 Å². The fourth-order valence-corrected chi connectivity index (χ4v) is 1.76. The van der Waals surface area contributed by atoms with E-state index in [1.54, 1.807) is 25.1 Å². The molecule has 0 bridgehead atoms. The Morgan fingerprint density at radius 1 is 1.44 bits per heavy atom. The number of amides is 2. The normalized spacial score (nSPS) is 16.4. The standard InChI is InChI=1S/C12H15F2N3O/c1-7-3-2-4-9(15-7)16-12(18)17-10(11(13)14)8-5-6-8/h2-4,8,10-11H,5-6H2,1H3,(H2,15,16,17,18). The summed E-state index contributed by atoms with van der Waals surface area (Å²) in [5, 5.41) is 4.76. The summed E-state index contributed by atoms with van der Waals surface area (Å²) >= 11 is 0. The molecule has 4 nitrogen and oxygen atoms in total. The Bertz CT molecular complexity index is 433. The molecule has 98 valence electrons. The number of hydrogen-bond donors (Lipinski definition) is 2. The van der Waals surface area contributed by atoms with Crippen molar-refractivity contribution in [2.75, 3.05) is 5.32 Å². The molecule has 1 saturated carbocycles. The first kappa shape index (κ1) is 12.7. The van der Waals surface area contributed by atoms with Crippen LogP contribution in [0.5, 0.6) is 0 Å². The molecule has 1 fully saturated rings. The second kappa shape index (κ2) is 5.29. The van der Waals surface area contributed by atoms with Crippen LogP contribution in [0.4, 0.5) is 19.4 Å². The van der Waals surface area contributed by atoms with Crippen molar-refractivity contribution in [3.63, 3.8) is 0 Å². The summed E-state index contributed by atoms with van der Waals surface area (Å²) in [6.07, 6.45) is -1.04. The van der Waals surface area contributed by atoms with Gasteiger partial charge in [-0.3, -0.25) is 5.32 Å². The Morgan fingerprint density at radius 3 is 2.72 bits per heavy atom. The largest absolute Gasteiger partial charge is 0.329 e. The Kier molecular flexibility index (Phi) is 3.74. The topological polar surface area (TPSA) is 54.0 Å². The number of nitrogens with one attached hydrogen (secondary N) is 2. The van der Waals surface area contributed by atoms with Crippen molar-refractivity contribution in [1.29, 1.82) is 0 Å². The Balaban J connectivity index is 1.91. The number of pyridine rings is 1. The second-order valence-corrected chi connectivity index (χ2v) is 4.46. The molecule has 0 aromatic carbocycles. The molecule has 2 amide bonds. The SMILES string of the molecule is Cc1cccc(NC(=O)NC(C(F)F)C2CC2)n1. The number of alkyl halides is 2. The maximum atomic E-state index is 12.7. The van der Waals surface area contributed by atoms with E-state index in [4.69, 9.17) is 0 Å². The second-order valence-electron chi connectivity index (χ2n) is 4.46. The van der Waals surface area contributed by atoms with Gasteiger partial charge in [0, 0.05) is 5.69 Å². The summed E-state index contributed by atoms with van der Waals surface area (Å²) in [5.74, 6) is 0.262. The number of urea groups is 1. The van der Waals surface area contributed by atoms with Gasteiger partial charge in [-0.25, -0.2) is 18.6 Å². The van der Waals surface area contributed by atoms with Gasteiger partial charge in [-0.05, 0) is 37.8 Å². The van der Waals surface area contributed by atoms with Crippen LogP contribution in [0, 0.1) is 12.8 Å². The lowest BCUT2D eigenvalue weighted by Gasteiger charge is -2.17. The fraction of sp³-hybridized carbons (Fsp3) is 0.500. The van der Waals surface area contributed by atoms with Crippen LogP contribution >= 0.6 is 0 Å². The van der Waals surface area contributed by atoms with E-state index in [0.717, 1.165) is 18.5 Å². The van der Waals surface area contributed by atoms with Crippen molar-refractivity contribution in [3.8, 4) is 0 Å². The molecule has 2 N–H and O–H groups in total. The van der Waals surface area contributed by atoms with Gasteiger partial charge in [-0.15, -0.1) is 0 Å². The molecule has 1 aliphatic rings. The van der Waals surface area contributed by atoms with Crippen LogP contribution in [0.3, 0.4) is 0 Å². The van der Waals surface area contributed by atoms with Gasteiger partial charge in [-0.1, -0.05) is 6.07 Å². The maximum absolute atomic E-state index is 12.7. The highest BCUT2D eigenvalue weighted by Gasteiger charge is 2.38. The predicted octanol–water partition coefficient (Wildman–Crippen LogP) is 2.56. The Hall–Kier alpha value is -1.72. The minimum absolute atomic E-state index is 0.0961. The minimum Gasteiger partial charge on any atom is -0.329 e. The van der Waals surface area contributed by atoms with Gasteiger partial charge in [0.15, 0.2) is 0 Å².